The van der Waals surface area contributed by atoms with Crippen molar-refractivity contribution in [3.8, 4) is 0 Å². The average Bonchev–Trinajstić information content (AvgIpc) is 2.68. The van der Waals surface area contributed by atoms with Crippen LogP contribution in [0.4, 0.5) is 4.39 Å². The van der Waals surface area contributed by atoms with Crippen molar-refractivity contribution in [2.45, 2.75) is 32.1 Å². The van der Waals surface area contributed by atoms with Crippen molar-refractivity contribution in [1.82, 2.24) is 4.90 Å². The van der Waals surface area contributed by atoms with Gasteiger partial charge in [0, 0.05) is 42.4 Å². The largest absolute Gasteiger partial charge is 0.378 e. The van der Waals surface area contributed by atoms with E-state index in [9.17, 15) is 14.0 Å². The molecule has 6 heteroatoms. The van der Waals surface area contributed by atoms with Gasteiger partial charge >= 0.3 is 0 Å². The molecule has 1 amide bonds. The molecule has 1 saturated heterocycles. The van der Waals surface area contributed by atoms with Crippen LogP contribution < -0.4 is 0 Å². The Labute approximate surface area is 157 Å². The number of amides is 1. The van der Waals surface area contributed by atoms with Crippen molar-refractivity contribution < 1.29 is 18.7 Å². The molecular formula is C21H23FN2O3. The first-order valence-electron chi connectivity index (χ1n) is 9.50. The highest BCUT2D eigenvalue weighted by Crippen LogP contribution is 2.44. The zero-order chi connectivity index (χ0) is 19.0. The molecule has 1 unspecified atom stereocenters. The Morgan fingerprint density at radius 2 is 1.96 bits per heavy atom. The number of hydrogen-bond donors (Lipinski definition) is 0. The second-order valence-electron chi connectivity index (χ2n) is 7.30. The lowest BCUT2D eigenvalue weighted by Gasteiger charge is -2.38. The van der Waals surface area contributed by atoms with Crippen LogP contribution in [0.15, 0.2) is 40.5 Å². The van der Waals surface area contributed by atoms with Gasteiger partial charge in [0.25, 0.3) is 0 Å². The normalized spacial score (nSPS) is 25.9. The summed E-state index contributed by atoms with van der Waals surface area (Å²) in [4.78, 5) is 32.5. The average molecular weight is 370 g/mol. The van der Waals surface area contributed by atoms with E-state index in [0.29, 0.717) is 56.0 Å². The summed E-state index contributed by atoms with van der Waals surface area (Å²) in [5.74, 6) is -1.76. The van der Waals surface area contributed by atoms with E-state index in [-0.39, 0.29) is 17.5 Å². The number of allylic oxidation sites excluding steroid dienone is 2. The number of morpholine rings is 1. The third-order valence-electron chi connectivity index (χ3n) is 5.66. The standard InChI is InChI=1S/C21H23FN2O3/c1-13-18(21(26)24-9-11-27-12-10-24)19(14-5-2-3-6-15(14)22)20-16(23-13)7-4-8-17(20)25/h2-3,5-6,18-19H,4,7-12H2,1H3/t18?,19-/m1/s1. The lowest BCUT2D eigenvalue weighted by Crippen LogP contribution is -2.48. The highest BCUT2D eigenvalue weighted by molar-refractivity contribution is 6.10. The monoisotopic (exact) mass is 370 g/mol. The molecule has 0 saturated carbocycles. The van der Waals surface area contributed by atoms with Gasteiger partial charge in [-0.3, -0.25) is 14.6 Å². The second kappa shape index (κ2) is 7.35. The molecule has 3 aliphatic rings. The summed E-state index contributed by atoms with van der Waals surface area (Å²) in [7, 11) is 0. The van der Waals surface area contributed by atoms with E-state index in [0.717, 1.165) is 12.1 Å². The van der Waals surface area contributed by atoms with Gasteiger partial charge in [-0.2, -0.15) is 0 Å². The fourth-order valence-corrected chi connectivity index (χ4v) is 4.37. The molecule has 2 atom stereocenters. The molecule has 2 heterocycles. The molecule has 4 rings (SSSR count). The predicted octanol–water partition coefficient (Wildman–Crippen LogP) is 2.87. The highest BCUT2D eigenvalue weighted by atomic mass is 19.1. The van der Waals surface area contributed by atoms with Crippen LogP contribution in [0, 0.1) is 11.7 Å². The Bertz CT molecular complexity index is 840. The summed E-state index contributed by atoms with van der Waals surface area (Å²) in [5, 5.41) is 0. The molecule has 1 aromatic carbocycles. The van der Waals surface area contributed by atoms with Gasteiger partial charge in [0.2, 0.25) is 5.91 Å². The highest BCUT2D eigenvalue weighted by Gasteiger charge is 2.44. The van der Waals surface area contributed by atoms with E-state index in [1.165, 1.54) is 6.07 Å². The number of aliphatic imine (C=N–C) groups is 1. The molecule has 1 aliphatic carbocycles. The van der Waals surface area contributed by atoms with Crippen molar-refractivity contribution >= 4 is 17.4 Å². The number of Topliss-reactive ketones (excluding diaryl/α,β-unsaturated/α-hetero) is 1. The lowest BCUT2D eigenvalue weighted by atomic mass is 9.71. The molecule has 142 valence electrons. The zero-order valence-electron chi connectivity index (χ0n) is 15.4. The number of carbonyl (C=O) groups is 2. The Morgan fingerprint density at radius 3 is 2.70 bits per heavy atom. The molecule has 0 bridgehead atoms. The van der Waals surface area contributed by atoms with Gasteiger partial charge in [0.1, 0.15) is 5.82 Å². The third kappa shape index (κ3) is 3.23. The Balaban J connectivity index is 1.82. The molecule has 27 heavy (non-hydrogen) atoms. The van der Waals surface area contributed by atoms with Crippen LogP contribution in [0.1, 0.15) is 37.7 Å². The molecule has 0 aromatic heterocycles. The van der Waals surface area contributed by atoms with Gasteiger partial charge in [-0.1, -0.05) is 18.2 Å². The fourth-order valence-electron chi connectivity index (χ4n) is 4.37. The van der Waals surface area contributed by atoms with Gasteiger partial charge < -0.3 is 9.64 Å². The number of rotatable bonds is 2. The fraction of sp³-hybridized carbons (Fsp3) is 0.476. The Morgan fingerprint density at radius 1 is 1.22 bits per heavy atom. The molecule has 5 nitrogen and oxygen atoms in total. The minimum absolute atomic E-state index is 0.0134. The zero-order valence-corrected chi connectivity index (χ0v) is 15.4. The van der Waals surface area contributed by atoms with Gasteiger partial charge in [-0.15, -0.1) is 0 Å². The minimum Gasteiger partial charge on any atom is -0.378 e. The maximum Gasteiger partial charge on any atom is 0.232 e. The summed E-state index contributed by atoms with van der Waals surface area (Å²) < 4.78 is 20.1. The van der Waals surface area contributed by atoms with Crippen LogP contribution in [0.25, 0.3) is 0 Å². The van der Waals surface area contributed by atoms with E-state index < -0.39 is 11.8 Å². The number of ether oxygens (including phenoxy) is 1. The van der Waals surface area contributed by atoms with Crippen LogP contribution in [-0.2, 0) is 14.3 Å². The predicted molar refractivity (Wildman–Crippen MR) is 99.0 cm³/mol. The summed E-state index contributed by atoms with van der Waals surface area (Å²) in [6, 6.07) is 6.45. The van der Waals surface area contributed by atoms with Crippen molar-refractivity contribution in [1.29, 1.82) is 0 Å². The first-order valence-corrected chi connectivity index (χ1v) is 9.50. The number of hydrogen-bond acceptors (Lipinski definition) is 4. The van der Waals surface area contributed by atoms with Crippen LogP contribution in [-0.4, -0.2) is 48.6 Å². The third-order valence-corrected chi connectivity index (χ3v) is 5.66. The molecule has 0 radical (unpaired) electrons. The van der Waals surface area contributed by atoms with E-state index in [1.807, 2.05) is 6.92 Å². The SMILES string of the molecule is CC1=NC2=C(C(=O)CCC2)[C@H](c2ccccc2F)C1C(=O)N1CCOCC1. The topological polar surface area (TPSA) is 59.0 Å². The van der Waals surface area contributed by atoms with E-state index in [4.69, 9.17) is 4.74 Å². The van der Waals surface area contributed by atoms with E-state index >= 15 is 0 Å². The van der Waals surface area contributed by atoms with Gasteiger partial charge in [-0.05, 0) is 31.4 Å². The van der Waals surface area contributed by atoms with Crippen molar-refractivity contribution in [2.75, 3.05) is 26.3 Å². The van der Waals surface area contributed by atoms with Gasteiger partial charge in [-0.25, -0.2) is 4.39 Å². The molecule has 1 fully saturated rings. The quantitative estimate of drug-likeness (QED) is 0.804. The first-order chi connectivity index (χ1) is 13.1. The molecule has 1 aromatic rings. The minimum atomic E-state index is -0.652. The van der Waals surface area contributed by atoms with Crippen molar-refractivity contribution in [2.24, 2.45) is 10.9 Å². The maximum atomic E-state index is 14.7. The van der Waals surface area contributed by atoms with Crippen LogP contribution in [0.5, 0.6) is 0 Å². The van der Waals surface area contributed by atoms with Crippen LogP contribution >= 0.6 is 0 Å². The van der Waals surface area contributed by atoms with E-state index in [1.54, 1.807) is 23.1 Å². The van der Waals surface area contributed by atoms with Gasteiger partial charge in [0.05, 0.1) is 19.1 Å². The number of nitrogens with zero attached hydrogens (tertiary/aromatic N) is 2. The molecule has 2 aliphatic heterocycles. The summed E-state index contributed by atoms with van der Waals surface area (Å²) in [5.41, 5.74) is 2.32. The number of ketones is 1. The van der Waals surface area contributed by atoms with Crippen molar-refractivity contribution in [3.05, 3.63) is 46.9 Å². The number of benzene rings is 1. The van der Waals surface area contributed by atoms with Crippen LogP contribution in [0.3, 0.4) is 0 Å². The molecule has 0 N–H and O–H groups in total. The Kier molecular flexibility index (Phi) is 4.91. The van der Waals surface area contributed by atoms with Crippen LogP contribution in [0.2, 0.25) is 0 Å². The Hall–Kier alpha value is -2.34. The summed E-state index contributed by atoms with van der Waals surface area (Å²) >= 11 is 0. The maximum absolute atomic E-state index is 14.7. The van der Waals surface area contributed by atoms with Crippen molar-refractivity contribution in [3.63, 3.8) is 0 Å². The molecular weight excluding hydrogens is 347 g/mol. The molecule has 0 spiro atoms. The number of carbonyl (C=O) groups excluding carboxylic acids is 2. The smallest absolute Gasteiger partial charge is 0.232 e. The number of halogens is 1. The van der Waals surface area contributed by atoms with E-state index in [2.05, 4.69) is 4.99 Å². The first kappa shape index (κ1) is 18.0. The lowest BCUT2D eigenvalue weighted by molar-refractivity contribution is -0.138. The second-order valence-corrected chi connectivity index (χ2v) is 7.30. The summed E-state index contributed by atoms with van der Waals surface area (Å²) in [6.07, 6.45) is 1.87. The van der Waals surface area contributed by atoms with Gasteiger partial charge in [0.15, 0.2) is 5.78 Å². The summed E-state index contributed by atoms with van der Waals surface area (Å²) in [6.45, 7) is 3.82.